The van der Waals surface area contributed by atoms with Crippen LogP contribution in [0.4, 0.5) is 13.2 Å². The van der Waals surface area contributed by atoms with E-state index in [4.69, 9.17) is 0 Å². The highest BCUT2D eigenvalue weighted by molar-refractivity contribution is 8.05. The summed E-state index contributed by atoms with van der Waals surface area (Å²) in [4.78, 5) is 0. The van der Waals surface area contributed by atoms with Crippen molar-refractivity contribution in [3.05, 3.63) is 11.6 Å². The maximum Gasteiger partial charge on any atom is 0.537 e. The van der Waals surface area contributed by atoms with Crippen LogP contribution in [0.15, 0.2) is 11.6 Å². The fourth-order valence-electron chi connectivity index (χ4n) is 2.85. The summed E-state index contributed by atoms with van der Waals surface area (Å²) in [5, 5.41) is 0. The molecule has 0 saturated heterocycles. The number of allylic oxidation sites excluding steroid dienone is 2. The van der Waals surface area contributed by atoms with Gasteiger partial charge in [-0.15, -0.1) is 25.6 Å². The van der Waals surface area contributed by atoms with Crippen molar-refractivity contribution in [2.24, 2.45) is 5.92 Å². The molecule has 1 aliphatic rings. The molecule has 6 nitrogen and oxygen atoms in total. The molecule has 1 rings (SSSR count). The molecular weight excluding hydrogens is 397 g/mol. The normalized spacial score (nSPS) is 25.7. The van der Waals surface area contributed by atoms with E-state index in [1.807, 2.05) is 0 Å². The minimum Gasteiger partial charge on any atom is -0.284 e. The second kappa shape index (κ2) is 7.90. The molecule has 0 aromatic heterocycles. The molecule has 12 heteroatoms. The van der Waals surface area contributed by atoms with Gasteiger partial charge in [-0.25, -0.2) is 0 Å². The summed E-state index contributed by atoms with van der Waals surface area (Å²) in [5.41, 5.74) is 0.744. The van der Waals surface area contributed by atoms with E-state index in [1.165, 1.54) is 6.08 Å². The molecule has 144 valence electrons. The van der Waals surface area contributed by atoms with Crippen molar-refractivity contribution in [3.8, 4) is 0 Å². The van der Waals surface area contributed by atoms with E-state index in [-0.39, 0.29) is 31.7 Å². The van der Waals surface area contributed by atoms with Gasteiger partial charge in [-0.3, -0.25) is 4.55 Å². The molecule has 1 fully saturated rings. The van der Waals surface area contributed by atoms with Crippen LogP contribution in [0.5, 0.6) is 0 Å². The predicted octanol–water partition coefficient (Wildman–Crippen LogP) is 3.41. The van der Waals surface area contributed by atoms with Crippen molar-refractivity contribution in [1.82, 2.24) is 0 Å². The Morgan fingerprint density at radius 1 is 1.25 bits per heavy atom. The van der Waals surface area contributed by atoms with Crippen LogP contribution in [-0.2, 0) is 24.4 Å². The Morgan fingerprint density at radius 2 is 1.79 bits per heavy atom. The van der Waals surface area contributed by atoms with E-state index >= 15 is 0 Å². The number of hydrogen-bond acceptors (Lipinski definition) is 5. The first-order valence-electron chi connectivity index (χ1n) is 6.85. The Balaban J connectivity index is 0.00000529. The highest BCUT2D eigenvalue weighted by atomic mass is 35.5. The van der Waals surface area contributed by atoms with Gasteiger partial charge in [-0.05, 0) is 33.1 Å². The molecule has 0 aromatic rings. The highest BCUT2D eigenvalue weighted by Gasteiger charge is 2.63. The maximum atomic E-state index is 12.4. The molecule has 1 aliphatic carbocycles. The quantitative estimate of drug-likeness (QED) is 0.419. The van der Waals surface area contributed by atoms with Gasteiger partial charge in [-0.1, -0.05) is 24.5 Å². The third kappa shape index (κ3) is 5.07. The van der Waals surface area contributed by atoms with Crippen LogP contribution >= 0.6 is 12.4 Å². The zero-order valence-electron chi connectivity index (χ0n) is 13.0. The summed E-state index contributed by atoms with van der Waals surface area (Å²) in [5.74, 6) is -1.23. The van der Waals surface area contributed by atoms with E-state index in [2.05, 4.69) is 4.18 Å². The zero-order valence-corrected chi connectivity index (χ0v) is 15.5. The molecular formula is C12H20ClF3O6S2. The first-order chi connectivity index (χ1) is 10.2. The van der Waals surface area contributed by atoms with Crippen LogP contribution in [0.3, 0.4) is 0 Å². The molecule has 0 radical (unpaired) electrons. The van der Waals surface area contributed by atoms with Gasteiger partial charge in [0.05, 0.1) is 0 Å². The molecule has 1 N–H and O–H groups in total. The highest BCUT2D eigenvalue weighted by Crippen LogP contribution is 2.47. The van der Waals surface area contributed by atoms with E-state index < -0.39 is 43.0 Å². The average Bonchev–Trinajstić information content (AvgIpc) is 2.31. The predicted molar refractivity (Wildman–Crippen MR) is 83.6 cm³/mol. The van der Waals surface area contributed by atoms with Crippen molar-refractivity contribution >= 4 is 32.6 Å². The van der Waals surface area contributed by atoms with Crippen LogP contribution in [-0.4, -0.2) is 31.8 Å². The Hall–Kier alpha value is -0.360. The summed E-state index contributed by atoms with van der Waals surface area (Å²) in [6.07, 6.45) is -4.25. The van der Waals surface area contributed by atoms with Gasteiger partial charge >= 0.3 is 6.36 Å². The van der Waals surface area contributed by atoms with Gasteiger partial charge in [0, 0.05) is 5.92 Å². The zero-order chi connectivity index (χ0) is 18.1. The molecule has 24 heavy (non-hydrogen) atoms. The first-order valence-corrected chi connectivity index (χ1v) is 9.70. The van der Waals surface area contributed by atoms with Gasteiger partial charge in [-0.2, -0.15) is 21.0 Å². The lowest BCUT2D eigenvalue weighted by atomic mass is 9.85. The standard InChI is InChI=1S/C12H19F3O6S2.ClH/c1-9(2)6-7-10-5-3-4-8-11(10,22(16,17)18)23(19,20)21-12(13,14)15;/h6,10H,3-5,7-8H2,1-2H3,(H,16,17,18);1H. The number of hydrogen-bond donors (Lipinski definition) is 1. The smallest absolute Gasteiger partial charge is 0.284 e. The summed E-state index contributed by atoms with van der Waals surface area (Å²) >= 11 is 0. The van der Waals surface area contributed by atoms with Crippen LogP contribution in [0.1, 0.15) is 46.0 Å². The third-order valence-electron chi connectivity index (χ3n) is 3.82. The van der Waals surface area contributed by atoms with Gasteiger partial charge in [0.25, 0.3) is 20.2 Å². The summed E-state index contributed by atoms with van der Waals surface area (Å²) in [6.45, 7) is 3.36. The van der Waals surface area contributed by atoms with Crippen molar-refractivity contribution in [3.63, 3.8) is 0 Å². The number of alkyl halides is 3. The van der Waals surface area contributed by atoms with Crippen molar-refractivity contribution in [2.45, 2.75) is 56.4 Å². The van der Waals surface area contributed by atoms with Gasteiger partial charge in [0.2, 0.25) is 4.08 Å². The number of rotatable bonds is 5. The summed E-state index contributed by atoms with van der Waals surface area (Å²) in [6, 6.07) is 0. The molecule has 0 bridgehead atoms. The SMILES string of the molecule is CC(C)=CCC1CCCCC1(S(=O)(=O)O)S(=O)(=O)OC(F)(F)F.Cl. The molecule has 2 atom stereocenters. The van der Waals surface area contributed by atoms with Crippen LogP contribution < -0.4 is 0 Å². The first kappa shape index (κ1) is 23.6. The minimum atomic E-state index is -5.65. The van der Waals surface area contributed by atoms with Crippen LogP contribution in [0.2, 0.25) is 0 Å². The second-order valence-electron chi connectivity index (χ2n) is 5.73. The lowest BCUT2D eigenvalue weighted by Crippen LogP contribution is -2.55. The Bertz CT molecular complexity index is 667. The van der Waals surface area contributed by atoms with Crippen molar-refractivity contribution in [2.75, 3.05) is 0 Å². The largest absolute Gasteiger partial charge is 0.537 e. The molecule has 2 unspecified atom stereocenters. The number of halogens is 4. The molecule has 1 saturated carbocycles. The second-order valence-corrected chi connectivity index (χ2v) is 9.47. The van der Waals surface area contributed by atoms with Gasteiger partial charge < -0.3 is 0 Å². The third-order valence-corrected chi connectivity index (χ3v) is 8.27. The fourth-order valence-corrected chi connectivity index (χ4v) is 6.43. The monoisotopic (exact) mass is 416 g/mol. The Kier molecular flexibility index (Phi) is 7.78. The minimum absolute atomic E-state index is 0. The molecule has 0 spiro atoms. The van der Waals surface area contributed by atoms with E-state index in [1.54, 1.807) is 13.8 Å². The van der Waals surface area contributed by atoms with Crippen molar-refractivity contribution < 1.29 is 38.7 Å². The van der Waals surface area contributed by atoms with Gasteiger partial charge in [0.1, 0.15) is 0 Å². The Labute approximate surface area is 145 Å². The summed E-state index contributed by atoms with van der Waals surface area (Å²) < 4.78 is 94.7. The topological polar surface area (TPSA) is 97.7 Å². The maximum absolute atomic E-state index is 12.4. The van der Waals surface area contributed by atoms with E-state index in [0.29, 0.717) is 6.42 Å². The molecule has 0 amide bonds. The summed E-state index contributed by atoms with van der Waals surface area (Å²) in [7, 11) is -11.0. The van der Waals surface area contributed by atoms with E-state index in [9.17, 15) is 34.6 Å². The molecule has 0 heterocycles. The van der Waals surface area contributed by atoms with Crippen LogP contribution in [0.25, 0.3) is 0 Å². The average molecular weight is 417 g/mol. The lowest BCUT2D eigenvalue weighted by molar-refractivity contribution is -0.272. The van der Waals surface area contributed by atoms with Gasteiger partial charge in [0.15, 0.2) is 0 Å². The molecule has 0 aliphatic heterocycles. The van der Waals surface area contributed by atoms with Crippen molar-refractivity contribution in [1.29, 1.82) is 0 Å². The van der Waals surface area contributed by atoms with Crippen LogP contribution in [0, 0.1) is 5.92 Å². The lowest BCUT2D eigenvalue weighted by Gasteiger charge is -2.39. The Morgan fingerprint density at radius 3 is 2.21 bits per heavy atom. The fraction of sp³-hybridized carbons (Fsp3) is 0.833. The van der Waals surface area contributed by atoms with E-state index in [0.717, 1.165) is 5.57 Å². The molecule has 0 aromatic carbocycles.